The Bertz CT molecular complexity index is 1620. The lowest BCUT2D eigenvalue weighted by Gasteiger charge is -2.27. The molecule has 10 heteroatoms. The minimum atomic E-state index is -0.863. The summed E-state index contributed by atoms with van der Waals surface area (Å²) in [6.07, 6.45) is 2.90. The van der Waals surface area contributed by atoms with Gasteiger partial charge in [-0.2, -0.15) is 0 Å². The van der Waals surface area contributed by atoms with Crippen molar-refractivity contribution in [2.24, 2.45) is 4.99 Å². The van der Waals surface area contributed by atoms with E-state index in [0.717, 1.165) is 6.42 Å². The summed E-state index contributed by atoms with van der Waals surface area (Å²) in [5.41, 5.74) is 1.61. The van der Waals surface area contributed by atoms with E-state index in [4.69, 9.17) is 23.9 Å². The molecular formula is C29H30N2O7S. The molecule has 0 fully saturated rings. The predicted octanol–water partition coefficient (Wildman–Crippen LogP) is 3.52. The smallest absolute Gasteiger partial charge is 0.338 e. The van der Waals surface area contributed by atoms with Gasteiger partial charge in [0.2, 0.25) is 0 Å². The molecule has 0 saturated heterocycles. The van der Waals surface area contributed by atoms with Crippen LogP contribution in [0.15, 0.2) is 63.5 Å². The van der Waals surface area contributed by atoms with Crippen LogP contribution in [0.5, 0.6) is 17.2 Å². The van der Waals surface area contributed by atoms with Crippen LogP contribution < -0.4 is 29.1 Å². The molecule has 9 nitrogen and oxygen atoms in total. The van der Waals surface area contributed by atoms with Crippen LogP contribution in [0.1, 0.15) is 50.8 Å². The monoisotopic (exact) mass is 550 g/mol. The number of methoxy groups -OCH3 is 2. The van der Waals surface area contributed by atoms with Crippen molar-refractivity contribution in [3.8, 4) is 17.2 Å². The van der Waals surface area contributed by atoms with Gasteiger partial charge in [0.05, 0.1) is 36.6 Å². The molecule has 0 amide bonds. The number of para-hydroxylation sites is 1. The fraction of sp³-hybridized carbons (Fsp3) is 0.310. The highest BCUT2D eigenvalue weighted by atomic mass is 32.1. The molecule has 0 radical (unpaired) electrons. The van der Waals surface area contributed by atoms with Gasteiger partial charge in [-0.25, -0.2) is 9.79 Å². The summed E-state index contributed by atoms with van der Waals surface area (Å²) in [5.74, 6) is 0.344. The van der Waals surface area contributed by atoms with Crippen molar-refractivity contribution in [3.63, 3.8) is 0 Å². The van der Waals surface area contributed by atoms with Crippen LogP contribution >= 0.6 is 11.3 Å². The molecule has 0 aliphatic carbocycles. The Morgan fingerprint density at radius 1 is 1.08 bits per heavy atom. The minimum absolute atomic E-state index is 0.168. The topological polar surface area (TPSA) is 105 Å². The average molecular weight is 551 g/mol. The molecule has 1 unspecified atom stereocenters. The second-order valence-corrected chi connectivity index (χ2v) is 9.66. The number of carbonyl (C=O) groups is 2. The highest BCUT2D eigenvalue weighted by Gasteiger charge is 2.36. The lowest BCUT2D eigenvalue weighted by molar-refractivity contribution is -0.139. The van der Waals surface area contributed by atoms with E-state index in [0.29, 0.717) is 49.8 Å². The molecule has 4 rings (SSSR count). The molecule has 1 aromatic heterocycles. The zero-order valence-corrected chi connectivity index (χ0v) is 23.3. The number of rotatable bonds is 9. The van der Waals surface area contributed by atoms with Crippen LogP contribution in [0.4, 0.5) is 0 Å². The minimum Gasteiger partial charge on any atom is -0.497 e. The van der Waals surface area contributed by atoms with E-state index >= 15 is 0 Å². The quantitative estimate of drug-likeness (QED) is 0.297. The molecule has 0 N–H and O–H groups in total. The predicted molar refractivity (Wildman–Crippen MR) is 147 cm³/mol. The van der Waals surface area contributed by atoms with Crippen molar-refractivity contribution in [1.29, 1.82) is 0 Å². The van der Waals surface area contributed by atoms with E-state index in [1.165, 1.54) is 29.9 Å². The Morgan fingerprint density at radius 2 is 1.85 bits per heavy atom. The van der Waals surface area contributed by atoms with Crippen molar-refractivity contribution in [3.05, 3.63) is 84.5 Å². The second kappa shape index (κ2) is 12.1. The maximum Gasteiger partial charge on any atom is 0.338 e. The van der Waals surface area contributed by atoms with E-state index in [9.17, 15) is 14.4 Å². The summed E-state index contributed by atoms with van der Waals surface area (Å²) < 4.78 is 23.8. The van der Waals surface area contributed by atoms with Gasteiger partial charge in [-0.3, -0.25) is 14.2 Å². The van der Waals surface area contributed by atoms with Crippen LogP contribution in [0.3, 0.4) is 0 Å². The molecule has 39 heavy (non-hydrogen) atoms. The summed E-state index contributed by atoms with van der Waals surface area (Å²) in [5, 5.41) is 0. The van der Waals surface area contributed by atoms with Gasteiger partial charge >= 0.3 is 11.9 Å². The number of benzene rings is 2. The number of ether oxygens (including phenoxy) is 4. The maximum atomic E-state index is 14.0. The molecule has 1 atom stereocenters. The zero-order valence-electron chi connectivity index (χ0n) is 22.5. The highest BCUT2D eigenvalue weighted by molar-refractivity contribution is 7.07. The first-order valence-corrected chi connectivity index (χ1v) is 13.4. The lowest BCUT2D eigenvalue weighted by Crippen LogP contribution is -2.40. The van der Waals surface area contributed by atoms with Crippen molar-refractivity contribution >= 4 is 29.4 Å². The first kappa shape index (κ1) is 27.8. The molecule has 3 aromatic rings. The van der Waals surface area contributed by atoms with Gasteiger partial charge in [0.1, 0.15) is 23.3 Å². The molecule has 0 saturated carbocycles. The van der Waals surface area contributed by atoms with Gasteiger partial charge in [-0.15, -0.1) is 0 Å². The Balaban J connectivity index is 2.05. The number of hydrogen-bond donors (Lipinski definition) is 0. The second-order valence-electron chi connectivity index (χ2n) is 8.65. The SMILES string of the molecule is CCCC1=C(C(=O)OCC)C(c2cc(OC)ccc2OC)n2c(s/c(=C/c3ccccc3OC(C)=O)c2=O)=N1. The summed E-state index contributed by atoms with van der Waals surface area (Å²) in [4.78, 5) is 44.2. The summed E-state index contributed by atoms with van der Waals surface area (Å²) in [6, 6.07) is 11.3. The van der Waals surface area contributed by atoms with Crippen molar-refractivity contribution < 1.29 is 28.5 Å². The Labute approximate surface area is 229 Å². The first-order chi connectivity index (χ1) is 18.8. The third-order valence-electron chi connectivity index (χ3n) is 6.08. The summed E-state index contributed by atoms with van der Waals surface area (Å²) in [7, 11) is 3.07. The summed E-state index contributed by atoms with van der Waals surface area (Å²) >= 11 is 1.19. The van der Waals surface area contributed by atoms with Crippen LogP contribution in [0, 0.1) is 0 Å². The number of thiazole rings is 1. The van der Waals surface area contributed by atoms with Gasteiger partial charge in [0.15, 0.2) is 4.80 Å². The van der Waals surface area contributed by atoms with Crippen LogP contribution in [0.25, 0.3) is 6.08 Å². The van der Waals surface area contributed by atoms with E-state index < -0.39 is 18.0 Å². The number of carbonyl (C=O) groups excluding carboxylic acids is 2. The fourth-order valence-electron chi connectivity index (χ4n) is 4.46. The molecule has 2 aromatic carbocycles. The molecule has 1 aliphatic heterocycles. The van der Waals surface area contributed by atoms with Gasteiger partial charge in [0, 0.05) is 18.1 Å². The van der Waals surface area contributed by atoms with E-state index in [2.05, 4.69) is 0 Å². The van der Waals surface area contributed by atoms with Crippen LogP contribution in [-0.4, -0.2) is 37.3 Å². The van der Waals surface area contributed by atoms with Gasteiger partial charge in [-0.05, 0) is 43.7 Å². The highest BCUT2D eigenvalue weighted by Crippen LogP contribution is 2.38. The molecule has 0 bridgehead atoms. The number of aromatic nitrogens is 1. The average Bonchev–Trinajstić information content (AvgIpc) is 3.23. The third kappa shape index (κ3) is 5.65. The van der Waals surface area contributed by atoms with Crippen molar-refractivity contribution in [2.75, 3.05) is 20.8 Å². The van der Waals surface area contributed by atoms with Crippen molar-refractivity contribution in [2.45, 2.75) is 39.7 Å². The molecule has 2 heterocycles. The molecule has 204 valence electrons. The lowest BCUT2D eigenvalue weighted by atomic mass is 9.93. The van der Waals surface area contributed by atoms with E-state index in [1.54, 1.807) is 62.6 Å². The number of fused-ring (bicyclic) bond motifs is 1. The number of nitrogens with zero attached hydrogens (tertiary/aromatic N) is 2. The fourth-order valence-corrected chi connectivity index (χ4v) is 5.47. The Hall–Kier alpha value is -4.18. The van der Waals surface area contributed by atoms with Crippen LogP contribution in [-0.2, 0) is 14.3 Å². The molecular weight excluding hydrogens is 520 g/mol. The van der Waals surface area contributed by atoms with Crippen molar-refractivity contribution in [1.82, 2.24) is 4.57 Å². The first-order valence-electron chi connectivity index (χ1n) is 12.5. The van der Waals surface area contributed by atoms with Gasteiger partial charge < -0.3 is 18.9 Å². The van der Waals surface area contributed by atoms with E-state index in [1.807, 2.05) is 6.92 Å². The Kier molecular flexibility index (Phi) is 8.65. The third-order valence-corrected chi connectivity index (χ3v) is 7.07. The Morgan fingerprint density at radius 3 is 2.51 bits per heavy atom. The largest absolute Gasteiger partial charge is 0.497 e. The summed E-state index contributed by atoms with van der Waals surface area (Å²) in [6.45, 7) is 5.21. The number of hydrogen-bond acceptors (Lipinski definition) is 9. The maximum absolute atomic E-state index is 14.0. The van der Waals surface area contributed by atoms with Crippen LogP contribution in [0.2, 0.25) is 0 Å². The standard InChI is InChI=1S/C29H30N2O7S/c1-6-10-21-25(28(34)37-7-2)26(20-16-19(35-4)13-14-23(20)36-5)31-27(33)24(39-29(31)30-21)15-18-11-8-9-12-22(18)38-17(3)32/h8-9,11-16,26H,6-7,10H2,1-5H3/b24-15+. The molecule has 1 aliphatic rings. The number of allylic oxidation sites excluding steroid dienone is 1. The molecule has 0 spiro atoms. The van der Waals surface area contributed by atoms with E-state index in [-0.39, 0.29) is 17.7 Å². The number of esters is 2. The normalized spacial score (nSPS) is 14.9. The van der Waals surface area contributed by atoms with Gasteiger partial charge in [-0.1, -0.05) is 42.9 Å². The van der Waals surface area contributed by atoms with Gasteiger partial charge in [0.25, 0.3) is 5.56 Å². The zero-order chi connectivity index (χ0) is 28.1.